The molecule has 1 saturated heterocycles. The molecule has 1 aliphatic rings. The molecule has 0 bridgehead atoms. The van der Waals surface area contributed by atoms with Crippen LogP contribution in [0.25, 0.3) is 22.0 Å². The summed E-state index contributed by atoms with van der Waals surface area (Å²) >= 11 is 12.5. The lowest BCUT2D eigenvalue weighted by Gasteiger charge is -2.19. The number of nitrogens with one attached hydrogen (secondary N) is 1. The van der Waals surface area contributed by atoms with Gasteiger partial charge in [0.2, 0.25) is 0 Å². The molecule has 3 aromatic rings. The van der Waals surface area contributed by atoms with Crippen LogP contribution in [-0.2, 0) is 9.53 Å². The highest BCUT2D eigenvalue weighted by molar-refractivity contribution is 6.45. The number of ether oxygens (including phenoxy) is 1. The summed E-state index contributed by atoms with van der Waals surface area (Å²) in [6, 6.07) is 5.70. The van der Waals surface area contributed by atoms with E-state index in [1.807, 2.05) is 18.3 Å². The molecule has 1 aliphatic heterocycles. The Labute approximate surface area is 165 Å². The average Bonchev–Trinajstić information content (AvgIpc) is 3.36. The average molecular weight is 409 g/mol. The molecule has 2 aromatic heterocycles. The van der Waals surface area contributed by atoms with Crippen molar-refractivity contribution in [1.82, 2.24) is 15.2 Å². The topological polar surface area (TPSA) is 91.3 Å². The summed E-state index contributed by atoms with van der Waals surface area (Å²) in [4.78, 5) is 15.7. The summed E-state index contributed by atoms with van der Waals surface area (Å²) in [7, 11) is 1.31. The fourth-order valence-electron chi connectivity index (χ4n) is 2.97. The number of hydrogen-bond donors (Lipinski definition) is 2. The van der Waals surface area contributed by atoms with E-state index in [0.29, 0.717) is 28.6 Å². The maximum absolute atomic E-state index is 9.79. The van der Waals surface area contributed by atoms with Crippen LogP contribution in [0.3, 0.4) is 0 Å². The molecule has 4 rings (SSSR count). The van der Waals surface area contributed by atoms with Gasteiger partial charge in [-0.15, -0.1) is 0 Å². The maximum atomic E-state index is 9.79. The molecule has 27 heavy (non-hydrogen) atoms. The van der Waals surface area contributed by atoms with Crippen LogP contribution in [-0.4, -0.2) is 53.1 Å². The summed E-state index contributed by atoms with van der Waals surface area (Å²) in [5.41, 5.74) is 2.60. The lowest BCUT2D eigenvalue weighted by Crippen LogP contribution is -2.22. The van der Waals surface area contributed by atoms with Crippen LogP contribution < -0.4 is 4.90 Å². The minimum Gasteiger partial charge on any atom is -0.471 e. The second-order valence-corrected chi connectivity index (χ2v) is 6.78. The normalized spacial score (nSPS) is 16.1. The molecule has 142 valence electrons. The Bertz CT molecular complexity index is 934. The van der Waals surface area contributed by atoms with Crippen LogP contribution in [0, 0.1) is 0 Å². The van der Waals surface area contributed by atoms with Gasteiger partial charge in [0.15, 0.2) is 0 Å². The van der Waals surface area contributed by atoms with E-state index in [1.54, 1.807) is 12.3 Å². The number of hydrogen-bond acceptors (Lipinski definition) is 6. The first-order valence-corrected chi connectivity index (χ1v) is 8.98. The third-order valence-corrected chi connectivity index (χ3v) is 5.05. The van der Waals surface area contributed by atoms with Crippen LogP contribution in [0.1, 0.15) is 6.42 Å². The van der Waals surface area contributed by atoms with Crippen molar-refractivity contribution in [2.24, 2.45) is 0 Å². The number of pyridine rings is 1. The fourth-order valence-corrected chi connectivity index (χ4v) is 3.33. The van der Waals surface area contributed by atoms with Gasteiger partial charge in [0.05, 0.1) is 35.0 Å². The third-order valence-electron chi connectivity index (χ3n) is 4.25. The van der Waals surface area contributed by atoms with Crippen LogP contribution in [0.4, 0.5) is 5.82 Å². The number of aromatic amines is 1. The van der Waals surface area contributed by atoms with E-state index >= 15 is 0 Å². The molecule has 0 amide bonds. The van der Waals surface area contributed by atoms with E-state index < -0.39 is 0 Å². The molecule has 3 heterocycles. The zero-order valence-corrected chi connectivity index (χ0v) is 16.0. The maximum Gasteiger partial charge on any atom is 0.292 e. The van der Waals surface area contributed by atoms with Crippen LogP contribution in [0.2, 0.25) is 10.0 Å². The van der Waals surface area contributed by atoms with E-state index in [2.05, 4.69) is 19.8 Å². The Kier molecular flexibility index (Phi) is 6.15. The van der Waals surface area contributed by atoms with Crippen molar-refractivity contribution < 1.29 is 14.6 Å². The molecular weight excluding hydrogens is 391 g/mol. The molecule has 0 aliphatic carbocycles. The molecule has 1 aromatic carbocycles. The predicted octanol–water partition coefficient (Wildman–Crippen LogP) is 3.29. The molecule has 1 fully saturated rings. The van der Waals surface area contributed by atoms with Crippen LogP contribution >= 0.6 is 23.2 Å². The van der Waals surface area contributed by atoms with E-state index in [0.717, 1.165) is 35.3 Å². The van der Waals surface area contributed by atoms with Gasteiger partial charge in [-0.1, -0.05) is 29.3 Å². The lowest BCUT2D eigenvalue weighted by molar-refractivity contribution is -0.126. The van der Waals surface area contributed by atoms with Crippen molar-refractivity contribution in [2.75, 3.05) is 25.1 Å². The number of aliphatic hydroxyl groups is 1. The SMILES string of the molecule is COC=O.OC1CCN(c2cc(-c3cn[nH]c3)c3ccc(Cl)c(Cl)c3n2)C1. The Hall–Kier alpha value is -2.35. The molecule has 2 N–H and O–H groups in total. The Morgan fingerprint density at radius 2 is 2.19 bits per heavy atom. The molecular formula is C18H18Cl2N4O3. The largest absolute Gasteiger partial charge is 0.471 e. The number of benzene rings is 1. The predicted molar refractivity (Wildman–Crippen MR) is 105 cm³/mol. The smallest absolute Gasteiger partial charge is 0.292 e. The summed E-state index contributed by atoms with van der Waals surface area (Å²) in [6.45, 7) is 1.71. The molecule has 0 spiro atoms. The van der Waals surface area contributed by atoms with E-state index in [-0.39, 0.29) is 6.10 Å². The first-order chi connectivity index (χ1) is 13.0. The van der Waals surface area contributed by atoms with E-state index in [9.17, 15) is 5.11 Å². The zero-order chi connectivity index (χ0) is 19.4. The standard InChI is InChI=1S/C16H14Cl2N4O.C2H4O2/c17-13-2-1-11-12(9-6-19-20-7-9)5-14(21-16(11)15(13)18)22-4-3-10(23)8-22;1-4-2-3/h1-2,5-7,10,23H,3-4,8H2,(H,19,20);2H,1H3. The summed E-state index contributed by atoms with van der Waals surface area (Å²) in [5.74, 6) is 0.786. The number of aromatic nitrogens is 3. The summed E-state index contributed by atoms with van der Waals surface area (Å²) in [5, 5.41) is 18.5. The minimum absolute atomic E-state index is 0.320. The van der Waals surface area contributed by atoms with Crippen molar-refractivity contribution in [2.45, 2.75) is 12.5 Å². The van der Waals surface area contributed by atoms with Gasteiger partial charge in [0, 0.05) is 30.2 Å². The van der Waals surface area contributed by atoms with Crippen molar-refractivity contribution in [3.05, 3.63) is 40.6 Å². The van der Waals surface area contributed by atoms with Gasteiger partial charge in [-0.3, -0.25) is 9.89 Å². The monoisotopic (exact) mass is 408 g/mol. The van der Waals surface area contributed by atoms with E-state index in [1.165, 1.54) is 7.11 Å². The first kappa shape index (κ1) is 19.4. The molecule has 1 unspecified atom stereocenters. The highest BCUT2D eigenvalue weighted by atomic mass is 35.5. The Morgan fingerprint density at radius 1 is 1.41 bits per heavy atom. The quantitative estimate of drug-likeness (QED) is 0.646. The number of carbonyl (C=O) groups excluding carboxylic acids is 1. The highest BCUT2D eigenvalue weighted by Crippen LogP contribution is 2.37. The number of anilines is 1. The number of H-pyrrole nitrogens is 1. The van der Waals surface area contributed by atoms with Gasteiger partial charge in [-0.2, -0.15) is 5.10 Å². The Balaban J connectivity index is 0.000000481. The summed E-state index contributed by atoms with van der Waals surface area (Å²) < 4.78 is 3.86. The number of methoxy groups -OCH3 is 1. The number of fused-ring (bicyclic) bond motifs is 1. The van der Waals surface area contributed by atoms with E-state index in [4.69, 9.17) is 33.0 Å². The van der Waals surface area contributed by atoms with Crippen molar-refractivity contribution in [1.29, 1.82) is 0 Å². The lowest BCUT2D eigenvalue weighted by atomic mass is 10.0. The van der Waals surface area contributed by atoms with Crippen molar-refractivity contribution in [3.8, 4) is 11.1 Å². The van der Waals surface area contributed by atoms with Crippen LogP contribution in [0.15, 0.2) is 30.6 Å². The van der Waals surface area contributed by atoms with Gasteiger partial charge in [-0.25, -0.2) is 4.98 Å². The van der Waals surface area contributed by atoms with Crippen molar-refractivity contribution in [3.63, 3.8) is 0 Å². The van der Waals surface area contributed by atoms with Gasteiger partial charge in [-0.05, 0) is 24.1 Å². The molecule has 1 atom stereocenters. The second kappa shape index (κ2) is 8.56. The number of nitrogens with zero attached hydrogens (tertiary/aromatic N) is 3. The first-order valence-electron chi connectivity index (χ1n) is 8.22. The molecule has 7 nitrogen and oxygen atoms in total. The Morgan fingerprint density at radius 3 is 2.78 bits per heavy atom. The molecule has 0 saturated carbocycles. The van der Waals surface area contributed by atoms with Gasteiger partial charge in [0.25, 0.3) is 6.47 Å². The minimum atomic E-state index is -0.320. The third kappa shape index (κ3) is 4.16. The number of carbonyl (C=O) groups is 1. The number of rotatable bonds is 3. The van der Waals surface area contributed by atoms with Gasteiger partial charge < -0.3 is 14.7 Å². The van der Waals surface area contributed by atoms with Gasteiger partial charge in [0.1, 0.15) is 5.82 Å². The zero-order valence-electron chi connectivity index (χ0n) is 14.5. The highest BCUT2D eigenvalue weighted by Gasteiger charge is 2.23. The number of β-amino-alcohol motifs (C(OH)–C–C–N with tert-alkyl or cyclic N) is 1. The van der Waals surface area contributed by atoms with Crippen LogP contribution in [0.5, 0.6) is 0 Å². The van der Waals surface area contributed by atoms with Gasteiger partial charge >= 0.3 is 0 Å². The second-order valence-electron chi connectivity index (χ2n) is 5.99. The number of halogens is 2. The summed E-state index contributed by atoms with van der Waals surface area (Å²) in [6.07, 6.45) is 4.02. The van der Waals surface area contributed by atoms with Crippen molar-refractivity contribution >= 4 is 46.4 Å². The molecule has 0 radical (unpaired) electrons. The number of aliphatic hydroxyl groups excluding tert-OH is 1. The fraction of sp³-hybridized carbons (Fsp3) is 0.278. The molecule has 9 heteroatoms.